The number of aromatic nitrogens is 2. The first-order valence-electron chi connectivity index (χ1n) is 7.56. The highest BCUT2D eigenvalue weighted by molar-refractivity contribution is 5.94. The summed E-state index contributed by atoms with van der Waals surface area (Å²) in [4.78, 5) is 24.8. The Morgan fingerprint density at radius 1 is 1.26 bits per heavy atom. The van der Waals surface area contributed by atoms with Crippen molar-refractivity contribution < 1.29 is 14.7 Å². The summed E-state index contributed by atoms with van der Waals surface area (Å²) in [6.45, 7) is 4.52. The Morgan fingerprint density at radius 2 is 1.96 bits per heavy atom. The first-order chi connectivity index (χ1) is 11.0. The number of carbonyl (C=O) groups excluding carboxylic acids is 1. The molecule has 1 aromatic carbocycles. The zero-order valence-electron chi connectivity index (χ0n) is 13.3. The molecule has 1 heterocycles. The first-order valence-corrected chi connectivity index (χ1v) is 7.56. The van der Waals surface area contributed by atoms with Crippen LogP contribution in [0, 0.1) is 0 Å². The zero-order chi connectivity index (χ0) is 16.8. The molecule has 6 nitrogen and oxygen atoms in total. The summed E-state index contributed by atoms with van der Waals surface area (Å²) in [5.41, 5.74) is 1.57. The van der Waals surface area contributed by atoms with Gasteiger partial charge in [-0.2, -0.15) is 5.10 Å². The molecular formula is C17H21N3O3. The molecule has 0 aliphatic rings. The average Bonchev–Trinajstić information content (AvgIpc) is 2.96. The van der Waals surface area contributed by atoms with Crippen LogP contribution < -0.4 is 0 Å². The minimum Gasteiger partial charge on any atom is -0.481 e. The number of benzene rings is 1. The lowest BCUT2D eigenvalue weighted by molar-refractivity contribution is -0.137. The van der Waals surface area contributed by atoms with Crippen LogP contribution in [0.3, 0.4) is 0 Å². The molecule has 0 saturated carbocycles. The summed E-state index contributed by atoms with van der Waals surface area (Å²) in [5.74, 6) is -1.11. The van der Waals surface area contributed by atoms with Crippen LogP contribution in [0.25, 0.3) is 0 Å². The SMILES string of the molecule is CC(C)N(CCC(=O)O)C(=O)c1cnn(Cc2ccccc2)c1. The summed E-state index contributed by atoms with van der Waals surface area (Å²) in [7, 11) is 0. The maximum absolute atomic E-state index is 12.5. The molecule has 0 fully saturated rings. The van der Waals surface area contributed by atoms with Crippen LogP contribution in [0.2, 0.25) is 0 Å². The van der Waals surface area contributed by atoms with Crippen molar-refractivity contribution in [2.75, 3.05) is 6.54 Å². The lowest BCUT2D eigenvalue weighted by atomic mass is 10.2. The summed E-state index contributed by atoms with van der Waals surface area (Å²) in [6, 6.07) is 9.78. The number of hydrogen-bond acceptors (Lipinski definition) is 3. The minimum atomic E-state index is -0.914. The Morgan fingerprint density at radius 3 is 2.57 bits per heavy atom. The van der Waals surface area contributed by atoms with E-state index < -0.39 is 5.97 Å². The molecule has 1 N–H and O–H groups in total. The predicted molar refractivity (Wildman–Crippen MR) is 86.2 cm³/mol. The largest absolute Gasteiger partial charge is 0.481 e. The first kappa shape index (κ1) is 16.7. The topological polar surface area (TPSA) is 75.4 Å². The zero-order valence-corrected chi connectivity index (χ0v) is 13.3. The molecule has 0 unspecified atom stereocenters. The Hall–Kier alpha value is -2.63. The van der Waals surface area contributed by atoms with Crippen molar-refractivity contribution in [3.63, 3.8) is 0 Å². The van der Waals surface area contributed by atoms with E-state index >= 15 is 0 Å². The van der Waals surface area contributed by atoms with Crippen LogP contribution in [0.15, 0.2) is 42.7 Å². The molecule has 2 rings (SSSR count). The minimum absolute atomic E-state index is 0.0674. The third-order valence-corrected chi connectivity index (χ3v) is 3.52. The van der Waals surface area contributed by atoms with E-state index in [9.17, 15) is 9.59 Å². The second-order valence-corrected chi connectivity index (χ2v) is 5.65. The number of hydrogen-bond donors (Lipinski definition) is 1. The van der Waals surface area contributed by atoms with Gasteiger partial charge in [-0.25, -0.2) is 0 Å². The lowest BCUT2D eigenvalue weighted by Crippen LogP contribution is -2.38. The van der Waals surface area contributed by atoms with Gasteiger partial charge in [-0.15, -0.1) is 0 Å². The third-order valence-electron chi connectivity index (χ3n) is 3.52. The van der Waals surface area contributed by atoms with Crippen molar-refractivity contribution in [3.8, 4) is 0 Å². The van der Waals surface area contributed by atoms with E-state index in [1.165, 1.54) is 6.20 Å². The van der Waals surface area contributed by atoms with Gasteiger partial charge < -0.3 is 10.0 Å². The van der Waals surface area contributed by atoms with Gasteiger partial charge in [-0.1, -0.05) is 30.3 Å². The summed E-state index contributed by atoms with van der Waals surface area (Å²) in [5, 5.41) is 13.0. The number of carboxylic acids is 1. The Balaban J connectivity index is 2.08. The highest BCUT2D eigenvalue weighted by Crippen LogP contribution is 2.10. The molecule has 0 spiro atoms. The molecule has 0 bridgehead atoms. The number of nitrogens with zero attached hydrogens (tertiary/aromatic N) is 3. The number of carbonyl (C=O) groups is 2. The van der Waals surface area contributed by atoms with Crippen LogP contribution in [0.5, 0.6) is 0 Å². The molecule has 0 aliphatic heterocycles. The van der Waals surface area contributed by atoms with Crippen LogP contribution in [0.1, 0.15) is 36.2 Å². The van der Waals surface area contributed by atoms with Gasteiger partial charge in [0.15, 0.2) is 0 Å². The van der Waals surface area contributed by atoms with Gasteiger partial charge >= 0.3 is 5.97 Å². The highest BCUT2D eigenvalue weighted by atomic mass is 16.4. The van der Waals surface area contributed by atoms with Gasteiger partial charge in [0.05, 0.1) is 24.7 Å². The highest BCUT2D eigenvalue weighted by Gasteiger charge is 2.20. The number of amides is 1. The quantitative estimate of drug-likeness (QED) is 0.850. The molecule has 2 aromatic rings. The van der Waals surface area contributed by atoms with Gasteiger partial charge in [0, 0.05) is 18.8 Å². The van der Waals surface area contributed by atoms with Gasteiger partial charge in [-0.3, -0.25) is 14.3 Å². The van der Waals surface area contributed by atoms with E-state index in [-0.39, 0.29) is 24.9 Å². The summed E-state index contributed by atoms with van der Waals surface area (Å²) in [6.07, 6.45) is 3.16. The fraction of sp³-hybridized carbons (Fsp3) is 0.353. The normalized spacial score (nSPS) is 10.7. The Kier molecular flexibility index (Phi) is 5.51. The molecule has 0 atom stereocenters. The van der Waals surface area contributed by atoms with Crippen LogP contribution in [0.4, 0.5) is 0 Å². The molecular weight excluding hydrogens is 294 g/mol. The van der Waals surface area contributed by atoms with Gasteiger partial charge in [0.25, 0.3) is 5.91 Å². The number of rotatable bonds is 7. The third kappa shape index (κ3) is 4.67. The van der Waals surface area contributed by atoms with E-state index in [0.717, 1.165) is 5.56 Å². The summed E-state index contributed by atoms with van der Waals surface area (Å²) >= 11 is 0. The van der Waals surface area contributed by atoms with Crippen molar-refractivity contribution in [2.45, 2.75) is 32.9 Å². The van der Waals surface area contributed by atoms with Crippen LogP contribution in [-0.2, 0) is 11.3 Å². The number of aliphatic carboxylic acids is 1. The number of carboxylic acid groups (broad SMARTS) is 1. The van der Waals surface area contributed by atoms with Gasteiger partial charge in [0.1, 0.15) is 0 Å². The van der Waals surface area contributed by atoms with E-state index in [1.54, 1.807) is 15.8 Å². The fourth-order valence-corrected chi connectivity index (χ4v) is 2.31. The van der Waals surface area contributed by atoms with Crippen molar-refractivity contribution >= 4 is 11.9 Å². The van der Waals surface area contributed by atoms with Crippen molar-refractivity contribution in [3.05, 3.63) is 53.9 Å². The maximum atomic E-state index is 12.5. The monoisotopic (exact) mass is 315 g/mol. The van der Waals surface area contributed by atoms with E-state index in [1.807, 2.05) is 44.2 Å². The fourth-order valence-electron chi connectivity index (χ4n) is 2.31. The molecule has 6 heteroatoms. The Labute approximate surface area is 135 Å². The van der Waals surface area contributed by atoms with Crippen molar-refractivity contribution in [2.24, 2.45) is 0 Å². The maximum Gasteiger partial charge on any atom is 0.305 e. The average molecular weight is 315 g/mol. The van der Waals surface area contributed by atoms with Crippen LogP contribution in [-0.4, -0.2) is 44.3 Å². The van der Waals surface area contributed by atoms with Gasteiger partial charge in [-0.05, 0) is 19.4 Å². The van der Waals surface area contributed by atoms with Crippen LogP contribution >= 0.6 is 0 Å². The smallest absolute Gasteiger partial charge is 0.305 e. The molecule has 1 aromatic heterocycles. The van der Waals surface area contributed by atoms with Gasteiger partial charge in [0.2, 0.25) is 0 Å². The molecule has 1 amide bonds. The Bertz CT molecular complexity index is 665. The molecule has 23 heavy (non-hydrogen) atoms. The standard InChI is InChI=1S/C17H21N3O3/c1-13(2)20(9-8-16(21)22)17(23)15-10-18-19(12-15)11-14-6-4-3-5-7-14/h3-7,10,12-13H,8-9,11H2,1-2H3,(H,21,22). The summed E-state index contributed by atoms with van der Waals surface area (Å²) < 4.78 is 1.71. The molecule has 0 radical (unpaired) electrons. The van der Waals surface area contributed by atoms with E-state index in [4.69, 9.17) is 5.11 Å². The molecule has 122 valence electrons. The predicted octanol–water partition coefficient (Wildman–Crippen LogP) is 2.26. The van der Waals surface area contributed by atoms with Crippen molar-refractivity contribution in [1.82, 2.24) is 14.7 Å². The van der Waals surface area contributed by atoms with E-state index in [2.05, 4.69) is 5.10 Å². The van der Waals surface area contributed by atoms with E-state index in [0.29, 0.717) is 12.1 Å². The molecule has 0 aliphatic carbocycles. The second kappa shape index (κ2) is 7.58. The molecule has 0 saturated heterocycles. The second-order valence-electron chi connectivity index (χ2n) is 5.65. The van der Waals surface area contributed by atoms with Crippen molar-refractivity contribution in [1.29, 1.82) is 0 Å². The lowest BCUT2D eigenvalue weighted by Gasteiger charge is -2.25.